The third kappa shape index (κ3) is 57.1. The van der Waals surface area contributed by atoms with Gasteiger partial charge in [0.25, 0.3) is 0 Å². The Morgan fingerprint density at radius 1 is 0.389 bits per heavy atom. The highest BCUT2D eigenvalue weighted by atomic mass is 16.5. The number of esters is 1. The zero-order valence-corrected chi connectivity index (χ0v) is 48.2. The molecule has 0 bridgehead atoms. The zero-order valence-electron chi connectivity index (χ0n) is 48.2. The largest absolute Gasteiger partial charge is 0.466 e. The maximum absolute atomic E-state index is 12.5. The topological polar surface area (TPSA) is 95.9 Å². The molecule has 0 aromatic heterocycles. The number of rotatable bonds is 59. The van der Waals surface area contributed by atoms with Crippen molar-refractivity contribution in [3.05, 3.63) is 48.6 Å². The van der Waals surface area contributed by atoms with Gasteiger partial charge in [0.1, 0.15) is 0 Å². The smallest absolute Gasteiger partial charge is 0.305 e. The second kappa shape index (κ2) is 61.4. The molecule has 0 radical (unpaired) electrons. The van der Waals surface area contributed by atoms with E-state index in [4.69, 9.17) is 4.74 Å². The SMILES string of the molecule is CCCCCCC/C=C\CCCCCCCC(=O)OCCCCCCCCCCC/C=C\C/C=C\CCCCCCCCCCCCCC(=O)NC(CO)C(O)/C=C/CCCCCCCCCCCCCC. The van der Waals surface area contributed by atoms with Crippen LogP contribution in [0.15, 0.2) is 48.6 Å². The first kappa shape index (κ1) is 69.8. The fraction of sp³-hybridized carbons (Fsp3) is 0.848. The molecule has 0 saturated heterocycles. The van der Waals surface area contributed by atoms with Gasteiger partial charge >= 0.3 is 5.97 Å². The third-order valence-corrected chi connectivity index (χ3v) is 14.6. The summed E-state index contributed by atoms with van der Waals surface area (Å²) in [6, 6.07) is -0.630. The molecule has 0 aromatic carbocycles. The van der Waals surface area contributed by atoms with Crippen molar-refractivity contribution >= 4 is 11.9 Å². The summed E-state index contributed by atoms with van der Waals surface area (Å²) >= 11 is 0. The van der Waals surface area contributed by atoms with E-state index < -0.39 is 12.1 Å². The van der Waals surface area contributed by atoms with Crippen LogP contribution in [-0.4, -0.2) is 47.4 Å². The van der Waals surface area contributed by atoms with E-state index in [1.807, 2.05) is 6.08 Å². The summed E-state index contributed by atoms with van der Waals surface area (Å²) in [4.78, 5) is 24.5. The lowest BCUT2D eigenvalue weighted by molar-refractivity contribution is -0.143. The molecule has 0 aliphatic heterocycles. The van der Waals surface area contributed by atoms with Crippen LogP contribution in [0.3, 0.4) is 0 Å². The standard InChI is InChI=1S/C66H123NO5/c1-3-5-7-9-11-13-15-17-34-38-42-46-50-54-58-64(69)63(62-68)67-65(70)59-55-51-47-43-39-35-32-30-28-26-24-22-20-19-21-23-25-27-29-31-33-37-41-45-49-53-57-61-72-66(71)60-56-52-48-44-40-36-18-16-14-12-10-8-6-4-2/h16,18-20,23,25,54,58,63-64,68-69H,3-15,17,21-22,24,26-53,55-57,59-62H2,1-2H3,(H,67,70)/b18-16-,20-19-,25-23-,58-54+. The molecular weight excluding hydrogens is 887 g/mol. The molecule has 0 rings (SSSR count). The van der Waals surface area contributed by atoms with Crippen LogP contribution in [0, 0.1) is 0 Å². The Hall–Kier alpha value is -2.18. The van der Waals surface area contributed by atoms with Gasteiger partial charge in [-0.2, -0.15) is 0 Å². The summed E-state index contributed by atoms with van der Waals surface area (Å²) in [7, 11) is 0. The molecule has 0 spiro atoms. The van der Waals surface area contributed by atoms with E-state index >= 15 is 0 Å². The maximum Gasteiger partial charge on any atom is 0.305 e. The Labute approximate surface area is 448 Å². The van der Waals surface area contributed by atoms with Gasteiger partial charge in [0.05, 0.1) is 25.4 Å². The highest BCUT2D eigenvalue weighted by Gasteiger charge is 2.18. The van der Waals surface area contributed by atoms with Crippen LogP contribution in [0.4, 0.5) is 0 Å². The molecule has 0 fully saturated rings. The molecule has 0 heterocycles. The molecule has 2 unspecified atom stereocenters. The van der Waals surface area contributed by atoms with Crippen LogP contribution < -0.4 is 5.32 Å². The average Bonchev–Trinajstić information content (AvgIpc) is 3.38. The number of amides is 1. The van der Waals surface area contributed by atoms with Crippen LogP contribution in [-0.2, 0) is 14.3 Å². The fourth-order valence-corrected chi connectivity index (χ4v) is 9.66. The second-order valence-corrected chi connectivity index (χ2v) is 21.7. The average molecular weight is 1010 g/mol. The Morgan fingerprint density at radius 3 is 1.07 bits per heavy atom. The summed E-state index contributed by atoms with van der Waals surface area (Å²) in [5, 5.41) is 23.1. The predicted octanol–water partition coefficient (Wildman–Crippen LogP) is 20.1. The van der Waals surface area contributed by atoms with Gasteiger partial charge in [-0.05, 0) is 89.9 Å². The number of unbranched alkanes of at least 4 members (excludes halogenated alkanes) is 42. The van der Waals surface area contributed by atoms with Crippen LogP contribution in [0.2, 0.25) is 0 Å². The molecule has 2 atom stereocenters. The Bertz CT molecular complexity index is 1210. The number of aliphatic hydroxyl groups is 2. The Kier molecular flexibility index (Phi) is 59.5. The van der Waals surface area contributed by atoms with Gasteiger partial charge in [-0.15, -0.1) is 0 Å². The zero-order chi connectivity index (χ0) is 52.2. The number of ether oxygens (including phenoxy) is 1. The minimum absolute atomic E-state index is 0.00141. The van der Waals surface area contributed by atoms with E-state index in [9.17, 15) is 19.8 Å². The van der Waals surface area contributed by atoms with Crippen molar-refractivity contribution in [3.63, 3.8) is 0 Å². The number of carbonyl (C=O) groups excluding carboxylic acids is 2. The quantitative estimate of drug-likeness (QED) is 0.0320. The van der Waals surface area contributed by atoms with Gasteiger partial charge < -0.3 is 20.3 Å². The van der Waals surface area contributed by atoms with Crippen LogP contribution in [0.1, 0.15) is 335 Å². The Balaban J connectivity index is 3.44. The first-order valence-corrected chi connectivity index (χ1v) is 31.9. The number of hydrogen-bond donors (Lipinski definition) is 3. The van der Waals surface area contributed by atoms with Crippen molar-refractivity contribution in [2.45, 2.75) is 347 Å². The molecule has 72 heavy (non-hydrogen) atoms. The number of carbonyl (C=O) groups is 2. The Morgan fingerprint density at radius 2 is 0.694 bits per heavy atom. The molecule has 3 N–H and O–H groups in total. The van der Waals surface area contributed by atoms with Gasteiger partial charge in [-0.25, -0.2) is 0 Å². The van der Waals surface area contributed by atoms with Crippen molar-refractivity contribution in [2.24, 2.45) is 0 Å². The van der Waals surface area contributed by atoms with Gasteiger partial charge in [0, 0.05) is 12.8 Å². The van der Waals surface area contributed by atoms with E-state index in [1.54, 1.807) is 6.08 Å². The first-order chi connectivity index (χ1) is 35.5. The van der Waals surface area contributed by atoms with Crippen LogP contribution in [0.5, 0.6) is 0 Å². The van der Waals surface area contributed by atoms with E-state index in [0.29, 0.717) is 19.4 Å². The molecular formula is C66H123NO5. The summed E-state index contributed by atoms with van der Waals surface area (Å²) in [6.45, 7) is 4.89. The van der Waals surface area contributed by atoms with Gasteiger partial charge in [-0.1, -0.05) is 281 Å². The molecule has 422 valence electrons. The lowest BCUT2D eigenvalue weighted by atomic mass is 10.0. The van der Waals surface area contributed by atoms with Crippen molar-refractivity contribution in [2.75, 3.05) is 13.2 Å². The minimum atomic E-state index is -0.847. The molecule has 0 saturated carbocycles. The monoisotopic (exact) mass is 1010 g/mol. The molecule has 6 heteroatoms. The van der Waals surface area contributed by atoms with Crippen LogP contribution in [0.25, 0.3) is 0 Å². The number of hydrogen-bond acceptors (Lipinski definition) is 5. The normalized spacial score (nSPS) is 12.9. The molecule has 1 amide bonds. The number of aliphatic hydroxyl groups excluding tert-OH is 2. The highest BCUT2D eigenvalue weighted by molar-refractivity contribution is 5.76. The lowest BCUT2D eigenvalue weighted by Gasteiger charge is -2.20. The van der Waals surface area contributed by atoms with Gasteiger partial charge in [0.2, 0.25) is 5.91 Å². The molecule has 0 aromatic rings. The number of nitrogens with one attached hydrogen (secondary N) is 1. The van der Waals surface area contributed by atoms with Crippen molar-refractivity contribution in [1.82, 2.24) is 5.32 Å². The predicted molar refractivity (Wildman–Crippen MR) is 315 cm³/mol. The van der Waals surface area contributed by atoms with Crippen molar-refractivity contribution in [1.29, 1.82) is 0 Å². The van der Waals surface area contributed by atoms with Gasteiger partial charge in [0.15, 0.2) is 0 Å². The summed E-state index contributed by atoms with van der Waals surface area (Å²) in [6.07, 6.45) is 78.7. The fourth-order valence-electron chi connectivity index (χ4n) is 9.66. The van der Waals surface area contributed by atoms with E-state index in [1.165, 1.54) is 257 Å². The molecule has 6 nitrogen and oxygen atoms in total. The summed E-state index contributed by atoms with van der Waals surface area (Å²) in [5.41, 5.74) is 0. The summed E-state index contributed by atoms with van der Waals surface area (Å²) in [5.74, 6) is -0.0694. The van der Waals surface area contributed by atoms with E-state index in [0.717, 1.165) is 51.4 Å². The van der Waals surface area contributed by atoms with Gasteiger partial charge in [-0.3, -0.25) is 9.59 Å². The van der Waals surface area contributed by atoms with Crippen LogP contribution >= 0.6 is 0 Å². The molecule has 0 aliphatic carbocycles. The summed E-state index contributed by atoms with van der Waals surface area (Å²) < 4.78 is 5.47. The lowest BCUT2D eigenvalue weighted by Crippen LogP contribution is -2.45. The maximum atomic E-state index is 12.5. The third-order valence-electron chi connectivity index (χ3n) is 14.6. The number of allylic oxidation sites excluding steroid dienone is 7. The van der Waals surface area contributed by atoms with Crippen molar-refractivity contribution in [3.8, 4) is 0 Å². The van der Waals surface area contributed by atoms with Crippen molar-refractivity contribution < 1.29 is 24.5 Å². The first-order valence-electron chi connectivity index (χ1n) is 31.9. The van der Waals surface area contributed by atoms with E-state index in [2.05, 4.69) is 55.6 Å². The molecule has 0 aliphatic rings. The van der Waals surface area contributed by atoms with E-state index in [-0.39, 0.29) is 18.5 Å². The second-order valence-electron chi connectivity index (χ2n) is 21.7. The minimum Gasteiger partial charge on any atom is -0.466 e. The highest BCUT2D eigenvalue weighted by Crippen LogP contribution is 2.16.